The molecule has 0 spiro atoms. The maximum absolute atomic E-state index is 11.9. The summed E-state index contributed by atoms with van der Waals surface area (Å²) in [5.41, 5.74) is 1.09. The summed E-state index contributed by atoms with van der Waals surface area (Å²) in [6.45, 7) is 2.03. The molecule has 2 rings (SSSR count). The third-order valence-corrected chi connectivity index (χ3v) is 4.86. The minimum Gasteiger partial charge on any atom is -0.223 e. The molecule has 1 aromatic rings. The Morgan fingerprint density at radius 1 is 1.36 bits per heavy atom. The highest BCUT2D eigenvalue weighted by Crippen LogP contribution is 2.32. The monoisotopic (exact) mass is 208 g/mol. The van der Waals surface area contributed by atoms with Gasteiger partial charge in [-0.25, -0.2) is 8.42 Å². The van der Waals surface area contributed by atoms with Gasteiger partial charge >= 0.3 is 0 Å². The molecule has 1 aliphatic rings. The Bertz CT molecular complexity index is 435. The summed E-state index contributed by atoms with van der Waals surface area (Å²) in [5.74, 6) is 0. The van der Waals surface area contributed by atoms with Gasteiger partial charge in [0, 0.05) is 0 Å². The van der Waals surface area contributed by atoms with Crippen LogP contribution in [0, 0.1) is 0 Å². The SMILES string of the molecule is CBc1cccc(S(=O)(=O)C2CC2)c1. The van der Waals surface area contributed by atoms with Gasteiger partial charge in [0.15, 0.2) is 17.1 Å². The molecule has 0 aliphatic heterocycles. The number of hydrogen-bond acceptors (Lipinski definition) is 2. The molecular weight excluding hydrogens is 195 g/mol. The van der Waals surface area contributed by atoms with E-state index >= 15 is 0 Å². The second kappa shape index (κ2) is 3.42. The quantitative estimate of drug-likeness (QED) is 0.686. The molecular formula is C10H13BO2S. The van der Waals surface area contributed by atoms with Crippen LogP contribution in [0.15, 0.2) is 29.2 Å². The van der Waals surface area contributed by atoms with Crippen LogP contribution in [0.3, 0.4) is 0 Å². The second-order valence-corrected chi connectivity index (χ2v) is 5.97. The van der Waals surface area contributed by atoms with Crippen molar-refractivity contribution in [2.75, 3.05) is 0 Å². The number of sulfone groups is 1. The van der Waals surface area contributed by atoms with Gasteiger partial charge in [-0.05, 0) is 25.0 Å². The van der Waals surface area contributed by atoms with E-state index in [2.05, 4.69) is 0 Å². The van der Waals surface area contributed by atoms with Gasteiger partial charge in [-0.3, -0.25) is 0 Å². The molecule has 1 saturated carbocycles. The van der Waals surface area contributed by atoms with Gasteiger partial charge in [0.1, 0.15) is 0 Å². The van der Waals surface area contributed by atoms with Crippen LogP contribution in [0.25, 0.3) is 0 Å². The average molecular weight is 208 g/mol. The minimum absolute atomic E-state index is 0.102. The van der Waals surface area contributed by atoms with E-state index in [-0.39, 0.29) is 5.25 Å². The largest absolute Gasteiger partial charge is 0.223 e. The lowest BCUT2D eigenvalue weighted by molar-refractivity contribution is 0.595. The number of benzene rings is 1. The molecule has 0 N–H and O–H groups in total. The first-order chi connectivity index (χ1) is 6.64. The van der Waals surface area contributed by atoms with E-state index in [0.717, 1.165) is 25.6 Å². The van der Waals surface area contributed by atoms with E-state index in [1.54, 1.807) is 12.1 Å². The zero-order chi connectivity index (χ0) is 10.2. The summed E-state index contributed by atoms with van der Waals surface area (Å²) < 4.78 is 23.7. The van der Waals surface area contributed by atoms with Crippen molar-refractivity contribution in [2.24, 2.45) is 0 Å². The summed E-state index contributed by atoms with van der Waals surface area (Å²) in [6.07, 6.45) is 1.66. The molecule has 2 nitrogen and oxygen atoms in total. The molecule has 1 aliphatic carbocycles. The molecule has 0 bridgehead atoms. The van der Waals surface area contributed by atoms with Crippen LogP contribution in [0.5, 0.6) is 0 Å². The highest BCUT2D eigenvalue weighted by Gasteiger charge is 2.36. The topological polar surface area (TPSA) is 34.1 Å². The summed E-state index contributed by atoms with van der Waals surface area (Å²) in [5, 5.41) is -0.102. The zero-order valence-corrected chi connectivity index (χ0v) is 9.05. The molecule has 0 amide bonds. The fourth-order valence-electron chi connectivity index (χ4n) is 1.51. The summed E-state index contributed by atoms with van der Waals surface area (Å²) in [6, 6.07) is 7.29. The van der Waals surface area contributed by atoms with Crippen molar-refractivity contribution in [3.8, 4) is 0 Å². The first-order valence-electron chi connectivity index (χ1n) is 4.97. The van der Waals surface area contributed by atoms with Crippen molar-refractivity contribution >= 4 is 22.6 Å². The molecule has 0 saturated heterocycles. The third kappa shape index (κ3) is 1.71. The van der Waals surface area contributed by atoms with Crippen LogP contribution < -0.4 is 5.46 Å². The Hall–Kier alpha value is -0.765. The third-order valence-electron chi connectivity index (χ3n) is 2.60. The second-order valence-electron chi connectivity index (χ2n) is 3.75. The van der Waals surface area contributed by atoms with Crippen LogP contribution in [-0.4, -0.2) is 20.9 Å². The molecule has 14 heavy (non-hydrogen) atoms. The highest BCUT2D eigenvalue weighted by molar-refractivity contribution is 7.92. The molecule has 0 atom stereocenters. The first kappa shape index (κ1) is 9.78. The van der Waals surface area contributed by atoms with E-state index < -0.39 is 9.84 Å². The molecule has 0 radical (unpaired) electrons. The molecule has 74 valence electrons. The van der Waals surface area contributed by atoms with Crippen molar-refractivity contribution in [1.82, 2.24) is 0 Å². The van der Waals surface area contributed by atoms with Crippen LogP contribution >= 0.6 is 0 Å². The summed E-state index contributed by atoms with van der Waals surface area (Å²) >= 11 is 0. The lowest BCUT2D eigenvalue weighted by Crippen LogP contribution is -2.14. The van der Waals surface area contributed by atoms with Crippen molar-refractivity contribution in [3.63, 3.8) is 0 Å². The molecule has 1 fully saturated rings. The van der Waals surface area contributed by atoms with Crippen LogP contribution in [0.4, 0.5) is 0 Å². The Morgan fingerprint density at radius 3 is 2.64 bits per heavy atom. The summed E-state index contributed by atoms with van der Waals surface area (Å²) in [7, 11) is -2.12. The van der Waals surface area contributed by atoms with Gasteiger partial charge < -0.3 is 0 Å². The Kier molecular flexibility index (Phi) is 2.39. The minimum atomic E-state index is -3.00. The van der Waals surface area contributed by atoms with Gasteiger partial charge in [0.25, 0.3) is 0 Å². The molecule has 0 aromatic heterocycles. The van der Waals surface area contributed by atoms with Crippen molar-refractivity contribution in [2.45, 2.75) is 29.8 Å². The highest BCUT2D eigenvalue weighted by atomic mass is 32.2. The van der Waals surface area contributed by atoms with E-state index in [9.17, 15) is 8.42 Å². The van der Waals surface area contributed by atoms with Crippen LogP contribution in [0.2, 0.25) is 6.82 Å². The predicted octanol–water partition coefficient (Wildman–Crippen LogP) is 0.733. The van der Waals surface area contributed by atoms with Crippen molar-refractivity contribution in [1.29, 1.82) is 0 Å². The lowest BCUT2D eigenvalue weighted by Gasteiger charge is -2.03. The van der Waals surface area contributed by atoms with Gasteiger partial charge in [-0.1, -0.05) is 24.4 Å². The van der Waals surface area contributed by atoms with Crippen LogP contribution in [0.1, 0.15) is 12.8 Å². The van der Waals surface area contributed by atoms with Crippen molar-refractivity contribution < 1.29 is 8.42 Å². The molecule has 1 aromatic carbocycles. The Balaban J connectivity index is 2.40. The predicted molar refractivity (Wildman–Crippen MR) is 59.3 cm³/mol. The fraction of sp³-hybridized carbons (Fsp3) is 0.400. The van der Waals surface area contributed by atoms with Gasteiger partial charge in [0.05, 0.1) is 10.1 Å². The number of rotatable bonds is 3. The molecule has 0 heterocycles. The van der Waals surface area contributed by atoms with Crippen molar-refractivity contribution in [3.05, 3.63) is 24.3 Å². The lowest BCUT2D eigenvalue weighted by atomic mass is 9.74. The maximum Gasteiger partial charge on any atom is 0.181 e. The first-order valence-corrected chi connectivity index (χ1v) is 6.52. The van der Waals surface area contributed by atoms with E-state index in [1.165, 1.54) is 0 Å². The van der Waals surface area contributed by atoms with E-state index in [0.29, 0.717) is 4.90 Å². The Labute approximate surface area is 85.5 Å². The van der Waals surface area contributed by atoms with Crippen LogP contribution in [-0.2, 0) is 9.84 Å². The smallest absolute Gasteiger partial charge is 0.181 e. The summed E-state index contributed by atoms with van der Waals surface area (Å²) in [4.78, 5) is 0.499. The van der Waals surface area contributed by atoms with E-state index in [4.69, 9.17) is 0 Å². The van der Waals surface area contributed by atoms with E-state index in [1.807, 2.05) is 19.0 Å². The van der Waals surface area contributed by atoms with Gasteiger partial charge in [-0.15, -0.1) is 0 Å². The fourth-order valence-corrected chi connectivity index (χ4v) is 3.24. The number of hydrogen-bond donors (Lipinski definition) is 0. The molecule has 4 heteroatoms. The van der Waals surface area contributed by atoms with Gasteiger partial charge in [0.2, 0.25) is 0 Å². The maximum atomic E-state index is 11.9. The normalized spacial score (nSPS) is 16.6. The van der Waals surface area contributed by atoms with Gasteiger partial charge in [-0.2, -0.15) is 0 Å². The standard InChI is InChI=1S/C10H13BO2S/c1-11-8-3-2-4-10(7-8)14(12,13)9-5-6-9/h2-4,7,9,11H,5-6H2,1H3. The molecule has 0 unspecified atom stereocenters. The zero-order valence-electron chi connectivity index (χ0n) is 8.23. The average Bonchev–Trinajstić information content (AvgIpc) is 3.01. The Morgan fingerprint density at radius 2 is 2.07 bits per heavy atom.